The van der Waals surface area contributed by atoms with Gasteiger partial charge >= 0.3 is 5.97 Å². The molecule has 0 saturated carbocycles. The Labute approximate surface area is 189 Å². The quantitative estimate of drug-likeness (QED) is 0.411. The monoisotopic (exact) mass is 447 g/mol. The number of carboxylic acids is 1. The van der Waals surface area contributed by atoms with Crippen LogP contribution in [0.25, 0.3) is 10.9 Å². The van der Waals surface area contributed by atoms with Gasteiger partial charge in [-0.05, 0) is 24.1 Å². The second-order valence-electron chi connectivity index (χ2n) is 7.42. The van der Waals surface area contributed by atoms with Crippen LogP contribution in [-0.4, -0.2) is 15.6 Å². The van der Waals surface area contributed by atoms with E-state index in [-0.39, 0.29) is 35.6 Å². The number of hydrogen-bond donors (Lipinski definition) is 1. The van der Waals surface area contributed by atoms with Crippen molar-refractivity contribution in [1.82, 2.24) is 4.57 Å². The molecule has 0 aliphatic carbocycles. The number of aryl methyl sites for hydroxylation is 1. The molecule has 0 aliphatic heterocycles. The van der Waals surface area contributed by atoms with Crippen LogP contribution in [0, 0.1) is 5.82 Å². The van der Waals surface area contributed by atoms with E-state index in [9.17, 15) is 14.7 Å². The van der Waals surface area contributed by atoms with Crippen LogP contribution < -0.4 is 14.9 Å². The molecular weight excluding hydrogens is 425 g/mol. The number of aromatic carboxylic acids is 1. The van der Waals surface area contributed by atoms with E-state index >= 15 is 4.39 Å². The fourth-order valence-corrected chi connectivity index (χ4v) is 3.61. The van der Waals surface area contributed by atoms with Crippen LogP contribution in [0.2, 0.25) is 0 Å². The SMILES string of the molecule is CCn1cc(C(=O)O)c(=O)c2cc(F)c(OCc3ccccc3)c(OCc3ccccc3)c21. The lowest BCUT2D eigenvalue weighted by atomic mass is 10.1. The van der Waals surface area contributed by atoms with Gasteiger partial charge in [0.2, 0.25) is 5.43 Å². The molecule has 7 heteroatoms. The van der Waals surface area contributed by atoms with Gasteiger partial charge in [0.25, 0.3) is 0 Å². The summed E-state index contributed by atoms with van der Waals surface area (Å²) in [6.45, 7) is 2.33. The highest BCUT2D eigenvalue weighted by molar-refractivity contribution is 5.95. The normalized spacial score (nSPS) is 10.8. The Morgan fingerprint density at radius 2 is 1.48 bits per heavy atom. The molecule has 0 bridgehead atoms. The van der Waals surface area contributed by atoms with Gasteiger partial charge in [-0.3, -0.25) is 4.79 Å². The lowest BCUT2D eigenvalue weighted by molar-refractivity contribution is 0.0695. The molecule has 4 aromatic rings. The molecule has 0 amide bonds. The van der Waals surface area contributed by atoms with Gasteiger partial charge in [-0.2, -0.15) is 0 Å². The van der Waals surface area contributed by atoms with Crippen molar-refractivity contribution >= 4 is 16.9 Å². The van der Waals surface area contributed by atoms with Crippen molar-refractivity contribution in [3.63, 3.8) is 0 Å². The minimum atomic E-state index is -1.37. The highest BCUT2D eigenvalue weighted by atomic mass is 19.1. The third kappa shape index (κ3) is 4.57. The summed E-state index contributed by atoms with van der Waals surface area (Å²) in [5.74, 6) is -2.25. The van der Waals surface area contributed by atoms with Crippen LogP contribution >= 0.6 is 0 Å². The highest BCUT2D eigenvalue weighted by Crippen LogP contribution is 2.38. The van der Waals surface area contributed by atoms with Crippen molar-refractivity contribution in [1.29, 1.82) is 0 Å². The summed E-state index contributed by atoms with van der Waals surface area (Å²) < 4.78 is 28.7. The number of fused-ring (bicyclic) bond motifs is 1. The van der Waals surface area contributed by atoms with Crippen molar-refractivity contribution in [2.45, 2.75) is 26.7 Å². The first-order valence-corrected chi connectivity index (χ1v) is 10.5. The van der Waals surface area contributed by atoms with Crippen molar-refractivity contribution in [2.24, 2.45) is 0 Å². The average Bonchev–Trinajstić information content (AvgIpc) is 2.83. The van der Waals surface area contributed by atoms with Crippen LogP contribution in [0.4, 0.5) is 4.39 Å². The van der Waals surface area contributed by atoms with Gasteiger partial charge in [0, 0.05) is 12.7 Å². The van der Waals surface area contributed by atoms with Crippen molar-refractivity contribution < 1.29 is 23.8 Å². The van der Waals surface area contributed by atoms with Crippen LogP contribution in [0.3, 0.4) is 0 Å². The van der Waals surface area contributed by atoms with Crippen molar-refractivity contribution in [3.8, 4) is 11.5 Å². The van der Waals surface area contributed by atoms with Crippen LogP contribution in [-0.2, 0) is 19.8 Å². The zero-order chi connectivity index (χ0) is 23.4. The first kappa shape index (κ1) is 22.1. The minimum absolute atomic E-state index is 0.0562. The lowest BCUT2D eigenvalue weighted by Crippen LogP contribution is -2.20. The Morgan fingerprint density at radius 1 is 0.939 bits per heavy atom. The van der Waals surface area contributed by atoms with Gasteiger partial charge in [0.15, 0.2) is 17.3 Å². The molecule has 1 heterocycles. The third-order valence-electron chi connectivity index (χ3n) is 5.25. The number of hydrogen-bond acceptors (Lipinski definition) is 4. The molecule has 0 spiro atoms. The van der Waals surface area contributed by atoms with E-state index in [1.165, 1.54) is 6.20 Å². The van der Waals surface area contributed by atoms with E-state index < -0.39 is 22.8 Å². The number of aromatic nitrogens is 1. The summed E-state index contributed by atoms with van der Waals surface area (Å²) in [4.78, 5) is 24.4. The summed E-state index contributed by atoms with van der Waals surface area (Å²) in [7, 11) is 0. The Balaban J connectivity index is 1.88. The summed E-state index contributed by atoms with van der Waals surface area (Å²) in [6, 6.07) is 19.6. The maximum Gasteiger partial charge on any atom is 0.341 e. The highest BCUT2D eigenvalue weighted by Gasteiger charge is 2.24. The van der Waals surface area contributed by atoms with Gasteiger partial charge < -0.3 is 19.1 Å². The van der Waals surface area contributed by atoms with Gasteiger partial charge in [-0.15, -0.1) is 0 Å². The van der Waals surface area contributed by atoms with Gasteiger partial charge in [-0.1, -0.05) is 60.7 Å². The summed E-state index contributed by atoms with van der Waals surface area (Å²) in [5.41, 5.74) is 0.750. The van der Waals surface area contributed by atoms with Crippen molar-refractivity contribution in [3.05, 3.63) is 106 Å². The molecule has 0 aliphatic rings. The summed E-state index contributed by atoms with van der Waals surface area (Å²) in [6.07, 6.45) is 1.25. The van der Waals surface area contributed by atoms with E-state index in [1.807, 2.05) is 60.7 Å². The molecule has 1 aromatic heterocycles. The summed E-state index contributed by atoms with van der Waals surface area (Å²) in [5, 5.41) is 9.36. The first-order valence-electron chi connectivity index (χ1n) is 10.5. The molecule has 0 saturated heterocycles. The number of carboxylic acid groups (broad SMARTS) is 1. The fraction of sp³-hybridized carbons (Fsp3) is 0.154. The smallest absolute Gasteiger partial charge is 0.341 e. The molecule has 0 radical (unpaired) electrons. The molecule has 168 valence electrons. The van der Waals surface area contributed by atoms with E-state index in [4.69, 9.17) is 9.47 Å². The fourth-order valence-electron chi connectivity index (χ4n) is 3.61. The lowest BCUT2D eigenvalue weighted by Gasteiger charge is -2.19. The number of ether oxygens (including phenoxy) is 2. The van der Waals surface area contributed by atoms with Crippen LogP contribution in [0.1, 0.15) is 28.4 Å². The van der Waals surface area contributed by atoms with E-state index in [0.717, 1.165) is 17.2 Å². The average molecular weight is 447 g/mol. The number of carbonyl (C=O) groups is 1. The molecule has 1 N–H and O–H groups in total. The molecule has 0 unspecified atom stereocenters. The molecule has 0 fully saturated rings. The van der Waals surface area contributed by atoms with Gasteiger partial charge in [-0.25, -0.2) is 9.18 Å². The zero-order valence-electron chi connectivity index (χ0n) is 18.0. The van der Waals surface area contributed by atoms with E-state index in [2.05, 4.69) is 0 Å². The predicted molar refractivity (Wildman–Crippen MR) is 122 cm³/mol. The first-order chi connectivity index (χ1) is 16.0. The van der Waals surface area contributed by atoms with E-state index in [1.54, 1.807) is 11.5 Å². The van der Waals surface area contributed by atoms with Gasteiger partial charge in [0.1, 0.15) is 18.8 Å². The number of pyridine rings is 1. The maximum absolute atomic E-state index is 15.3. The number of nitrogens with zero attached hydrogens (tertiary/aromatic N) is 1. The Kier molecular flexibility index (Phi) is 6.40. The number of halogens is 1. The second kappa shape index (κ2) is 9.56. The Hall–Kier alpha value is -4.13. The minimum Gasteiger partial charge on any atom is -0.483 e. The molecule has 0 atom stereocenters. The van der Waals surface area contributed by atoms with Gasteiger partial charge in [0.05, 0.1) is 10.9 Å². The number of rotatable bonds is 8. The maximum atomic E-state index is 15.3. The molecule has 33 heavy (non-hydrogen) atoms. The topological polar surface area (TPSA) is 77.8 Å². The zero-order valence-corrected chi connectivity index (χ0v) is 18.0. The molecule has 3 aromatic carbocycles. The summed E-state index contributed by atoms with van der Waals surface area (Å²) >= 11 is 0. The Bertz CT molecular complexity index is 1350. The standard InChI is InChI=1S/C26H22FNO5/c1-2-28-14-20(26(30)31)23(29)19-13-21(27)24(32-15-17-9-5-3-6-10-17)25(22(19)28)33-16-18-11-7-4-8-12-18/h3-14H,2,15-16H2,1H3,(H,30,31). The number of benzene rings is 3. The third-order valence-corrected chi connectivity index (χ3v) is 5.25. The molecular formula is C26H22FNO5. The van der Waals surface area contributed by atoms with E-state index in [0.29, 0.717) is 6.54 Å². The van der Waals surface area contributed by atoms with Crippen LogP contribution in [0.5, 0.6) is 11.5 Å². The second-order valence-corrected chi connectivity index (χ2v) is 7.42. The largest absolute Gasteiger partial charge is 0.483 e. The molecule has 6 nitrogen and oxygen atoms in total. The Morgan fingerprint density at radius 3 is 2.00 bits per heavy atom. The molecule has 4 rings (SSSR count). The van der Waals surface area contributed by atoms with Crippen molar-refractivity contribution in [2.75, 3.05) is 0 Å². The predicted octanol–water partition coefficient (Wildman–Crippen LogP) is 5.02. The van der Waals surface area contributed by atoms with Crippen LogP contribution in [0.15, 0.2) is 77.7 Å².